The fourth-order valence-corrected chi connectivity index (χ4v) is 4.59. The van der Waals surface area contributed by atoms with Crippen LogP contribution in [0.3, 0.4) is 0 Å². The highest BCUT2D eigenvalue weighted by molar-refractivity contribution is 6.31. The molecule has 1 saturated carbocycles. The Bertz CT molecular complexity index is 1380. The first-order valence-electron chi connectivity index (χ1n) is 11.9. The number of pyridine rings is 1. The Morgan fingerprint density at radius 3 is 2.58 bits per heavy atom. The van der Waals surface area contributed by atoms with Gasteiger partial charge in [0.2, 0.25) is 0 Å². The lowest BCUT2D eigenvalue weighted by Crippen LogP contribution is -2.10. The molecule has 184 valence electrons. The molecule has 8 heteroatoms. The fourth-order valence-electron chi connectivity index (χ4n) is 4.42. The molecule has 0 radical (unpaired) electrons. The van der Waals surface area contributed by atoms with Gasteiger partial charge in [-0.05, 0) is 55.7 Å². The smallest absolute Gasteiger partial charge is 0.411 e. The number of H-pyrrole nitrogens is 1. The Balaban J connectivity index is 1.43. The second-order valence-electron chi connectivity index (χ2n) is 9.22. The molecule has 1 fully saturated rings. The van der Waals surface area contributed by atoms with Crippen molar-refractivity contribution in [3.05, 3.63) is 83.0 Å². The van der Waals surface area contributed by atoms with Gasteiger partial charge >= 0.3 is 6.09 Å². The van der Waals surface area contributed by atoms with Gasteiger partial charge < -0.3 is 15.5 Å². The summed E-state index contributed by atoms with van der Waals surface area (Å²) in [4.78, 5) is 24.8. The molecule has 4 aromatic rings. The summed E-state index contributed by atoms with van der Waals surface area (Å²) in [5.74, 6) is 1.67. The van der Waals surface area contributed by atoms with E-state index < -0.39 is 6.09 Å². The van der Waals surface area contributed by atoms with Crippen molar-refractivity contribution in [2.24, 2.45) is 5.92 Å². The number of benzene rings is 2. The molecule has 1 atom stereocenters. The van der Waals surface area contributed by atoms with Crippen LogP contribution in [0.25, 0.3) is 22.4 Å². The fraction of sp³-hybridized carbons (Fsp3) is 0.250. The van der Waals surface area contributed by atoms with E-state index in [-0.39, 0.29) is 5.92 Å². The van der Waals surface area contributed by atoms with Crippen molar-refractivity contribution in [2.45, 2.75) is 32.1 Å². The van der Waals surface area contributed by atoms with E-state index in [0.29, 0.717) is 22.3 Å². The number of rotatable bonds is 7. The van der Waals surface area contributed by atoms with Crippen LogP contribution in [-0.2, 0) is 4.74 Å². The van der Waals surface area contributed by atoms with Gasteiger partial charge in [-0.1, -0.05) is 42.6 Å². The third kappa shape index (κ3) is 5.21. The minimum absolute atomic E-state index is 0.0657. The number of ether oxygens (including phenoxy) is 1. The highest BCUT2D eigenvalue weighted by Crippen LogP contribution is 2.41. The zero-order chi connectivity index (χ0) is 25.2. The van der Waals surface area contributed by atoms with Crippen LogP contribution in [-0.4, -0.2) is 28.2 Å². The normalized spacial score (nSPS) is 13.9. The molecule has 1 amide bonds. The Morgan fingerprint density at radius 2 is 1.92 bits per heavy atom. The third-order valence-corrected chi connectivity index (χ3v) is 6.79. The van der Waals surface area contributed by atoms with Crippen molar-refractivity contribution in [3.63, 3.8) is 0 Å². The number of hydrogen-bond donors (Lipinski definition) is 3. The van der Waals surface area contributed by atoms with E-state index >= 15 is 0 Å². The Morgan fingerprint density at radius 1 is 1.17 bits per heavy atom. The number of aromatic amines is 1. The number of nitrogens with zero attached hydrogens (tertiary/aromatic N) is 2. The number of aryl methyl sites for hydroxylation is 1. The average molecular weight is 502 g/mol. The van der Waals surface area contributed by atoms with Crippen LogP contribution in [0.15, 0.2) is 60.8 Å². The maximum absolute atomic E-state index is 11.5. The van der Waals surface area contributed by atoms with E-state index in [0.717, 1.165) is 46.0 Å². The number of halogens is 1. The highest BCUT2D eigenvalue weighted by atomic mass is 35.5. The van der Waals surface area contributed by atoms with Crippen LogP contribution in [0.2, 0.25) is 5.02 Å². The molecule has 0 spiro atoms. The molecule has 0 bridgehead atoms. The summed E-state index contributed by atoms with van der Waals surface area (Å²) in [5.41, 5.74) is 13.1. The van der Waals surface area contributed by atoms with Crippen LogP contribution in [0.4, 0.5) is 16.2 Å². The lowest BCUT2D eigenvalue weighted by Gasteiger charge is -2.15. The van der Waals surface area contributed by atoms with Gasteiger partial charge in [0.1, 0.15) is 5.82 Å². The second kappa shape index (κ2) is 10.0. The zero-order valence-electron chi connectivity index (χ0n) is 20.2. The van der Waals surface area contributed by atoms with Gasteiger partial charge in [0.05, 0.1) is 24.4 Å². The number of nitrogens with one attached hydrogen (secondary N) is 2. The molecule has 0 saturated heterocycles. The molecule has 2 aromatic heterocycles. The maximum Gasteiger partial charge on any atom is 0.411 e. The number of amides is 1. The van der Waals surface area contributed by atoms with Gasteiger partial charge in [0.15, 0.2) is 0 Å². The molecule has 0 aliphatic heterocycles. The first-order valence-corrected chi connectivity index (χ1v) is 12.3. The average Bonchev–Trinajstić information content (AvgIpc) is 3.64. The predicted octanol–water partition coefficient (Wildman–Crippen LogP) is 6.79. The first-order chi connectivity index (χ1) is 17.4. The Labute approximate surface area is 215 Å². The van der Waals surface area contributed by atoms with Gasteiger partial charge in [0.25, 0.3) is 0 Å². The SMILES string of the molecule is COC(=O)Nc1ccc(-c2nc(C(CC3CC3)c3ccc(-c4cc(Cl)ccc4N)cn3)[nH]c2C)cc1. The minimum Gasteiger partial charge on any atom is -0.453 e. The number of hydrogen-bond acceptors (Lipinski definition) is 5. The number of carbonyl (C=O) groups is 1. The summed E-state index contributed by atoms with van der Waals surface area (Å²) in [6.07, 6.45) is 4.85. The van der Waals surface area contributed by atoms with Gasteiger partial charge in [-0.15, -0.1) is 0 Å². The summed E-state index contributed by atoms with van der Waals surface area (Å²) in [6, 6.07) is 17.1. The van der Waals surface area contributed by atoms with Crippen molar-refractivity contribution >= 4 is 29.1 Å². The predicted molar refractivity (Wildman–Crippen MR) is 143 cm³/mol. The third-order valence-electron chi connectivity index (χ3n) is 6.56. The molecule has 5 rings (SSSR count). The number of nitrogens with two attached hydrogens (primary N) is 1. The molecule has 1 aliphatic carbocycles. The number of aromatic nitrogens is 3. The molecule has 4 N–H and O–H groups in total. The molecular formula is C28H28ClN5O2. The first kappa shape index (κ1) is 23.9. The van der Waals surface area contributed by atoms with Crippen LogP contribution in [0, 0.1) is 12.8 Å². The largest absolute Gasteiger partial charge is 0.453 e. The summed E-state index contributed by atoms with van der Waals surface area (Å²) >= 11 is 6.19. The molecular weight excluding hydrogens is 474 g/mol. The van der Waals surface area contributed by atoms with Crippen LogP contribution in [0.1, 0.15) is 42.4 Å². The van der Waals surface area contributed by atoms with Gasteiger partial charge in [-0.2, -0.15) is 0 Å². The monoisotopic (exact) mass is 501 g/mol. The minimum atomic E-state index is -0.500. The number of imidazole rings is 1. The quantitative estimate of drug-likeness (QED) is 0.242. The van der Waals surface area contributed by atoms with E-state index in [2.05, 4.69) is 21.1 Å². The van der Waals surface area contributed by atoms with E-state index in [1.165, 1.54) is 20.0 Å². The second-order valence-corrected chi connectivity index (χ2v) is 9.66. The highest BCUT2D eigenvalue weighted by Gasteiger charge is 2.30. The van der Waals surface area contributed by atoms with Crippen molar-refractivity contribution in [3.8, 4) is 22.4 Å². The van der Waals surface area contributed by atoms with Crippen molar-refractivity contribution in [2.75, 3.05) is 18.2 Å². The van der Waals surface area contributed by atoms with E-state index in [1.807, 2.05) is 55.6 Å². The Kier molecular flexibility index (Phi) is 6.65. The van der Waals surface area contributed by atoms with Crippen molar-refractivity contribution < 1.29 is 9.53 Å². The van der Waals surface area contributed by atoms with E-state index in [9.17, 15) is 4.79 Å². The Hall–Kier alpha value is -3.84. The van der Waals surface area contributed by atoms with Crippen LogP contribution < -0.4 is 11.1 Å². The molecule has 7 nitrogen and oxygen atoms in total. The molecule has 2 aromatic carbocycles. The van der Waals surface area contributed by atoms with Crippen molar-refractivity contribution in [1.82, 2.24) is 15.0 Å². The summed E-state index contributed by atoms with van der Waals surface area (Å²) in [7, 11) is 1.34. The number of methoxy groups -OCH3 is 1. The van der Waals surface area contributed by atoms with Crippen LogP contribution >= 0.6 is 11.6 Å². The molecule has 2 heterocycles. The summed E-state index contributed by atoms with van der Waals surface area (Å²) in [5, 5.41) is 3.31. The zero-order valence-corrected chi connectivity index (χ0v) is 21.0. The number of nitrogen functional groups attached to an aromatic ring is 1. The topological polar surface area (TPSA) is 106 Å². The lowest BCUT2D eigenvalue weighted by atomic mass is 9.96. The number of carbonyl (C=O) groups excluding carboxylic acids is 1. The summed E-state index contributed by atoms with van der Waals surface area (Å²) in [6.45, 7) is 2.03. The molecule has 36 heavy (non-hydrogen) atoms. The van der Waals surface area contributed by atoms with Gasteiger partial charge in [-0.25, -0.2) is 9.78 Å². The van der Waals surface area contributed by atoms with E-state index in [4.69, 9.17) is 27.3 Å². The van der Waals surface area contributed by atoms with Gasteiger partial charge in [-0.3, -0.25) is 10.3 Å². The molecule has 1 aliphatic rings. The number of anilines is 2. The van der Waals surface area contributed by atoms with Crippen LogP contribution in [0.5, 0.6) is 0 Å². The molecule has 1 unspecified atom stereocenters. The van der Waals surface area contributed by atoms with Crippen molar-refractivity contribution in [1.29, 1.82) is 0 Å². The van der Waals surface area contributed by atoms with Gasteiger partial charge in [0, 0.05) is 45.0 Å². The summed E-state index contributed by atoms with van der Waals surface area (Å²) < 4.78 is 4.65. The maximum atomic E-state index is 11.5. The lowest BCUT2D eigenvalue weighted by molar-refractivity contribution is 0.187. The standard InChI is InChI=1S/C28H28ClN5O2/c1-16-26(18-5-9-21(10-6-18)33-28(35)36-2)34-27(32-16)23(13-17-3-4-17)25-12-7-19(15-31-25)22-14-20(29)8-11-24(22)30/h5-12,14-15,17,23H,3-4,13,30H2,1-2H3,(H,32,34)(H,33,35). The van der Waals surface area contributed by atoms with E-state index in [1.54, 1.807) is 6.07 Å².